The molecule has 1 aliphatic heterocycles. The van der Waals surface area contributed by atoms with Crippen LogP contribution in [-0.2, 0) is 16.6 Å². The Morgan fingerprint density at radius 1 is 1.25 bits per heavy atom. The van der Waals surface area contributed by atoms with Gasteiger partial charge < -0.3 is 5.73 Å². The molecule has 2 rings (SSSR count). The molecule has 9 heteroatoms. The molecule has 0 aliphatic carbocycles. The minimum atomic E-state index is -3.83. The Hall–Kier alpha value is -1.48. The minimum Gasteiger partial charge on any atom is -0.381 e. The highest BCUT2D eigenvalue weighted by Crippen LogP contribution is 2.31. The summed E-state index contributed by atoms with van der Waals surface area (Å²) in [5, 5.41) is 0. The van der Waals surface area contributed by atoms with Gasteiger partial charge in [-0.05, 0) is 13.3 Å². The first kappa shape index (κ1) is 14.9. The van der Waals surface area contributed by atoms with Gasteiger partial charge in [-0.3, -0.25) is 3.97 Å². The number of aryl methyl sites for hydroxylation is 2. The zero-order chi connectivity index (χ0) is 15.3. The molecule has 0 fully saturated rings. The average Bonchev–Trinajstić information content (AvgIpc) is 2.26. The van der Waals surface area contributed by atoms with Crippen LogP contribution in [0.5, 0.6) is 0 Å². The highest BCUT2D eigenvalue weighted by molar-refractivity contribution is 7.93. The van der Waals surface area contributed by atoms with Crippen molar-refractivity contribution in [2.24, 2.45) is 10.1 Å². The summed E-state index contributed by atoms with van der Waals surface area (Å²) in [5.41, 5.74) is 7.63. The second-order valence-corrected chi connectivity index (χ2v) is 12.2. The number of fused-ring (bicyclic) bond motifs is 1. The van der Waals surface area contributed by atoms with Gasteiger partial charge >= 0.3 is 10.2 Å². The number of rotatable bonds is 2. The maximum Gasteiger partial charge on any atom is 0.340 e. The third-order valence-electron chi connectivity index (χ3n) is 2.97. The van der Waals surface area contributed by atoms with Crippen molar-refractivity contribution >= 4 is 30.1 Å². The average molecular weight is 313 g/mol. The van der Waals surface area contributed by atoms with Crippen LogP contribution >= 0.6 is 0 Å². The Morgan fingerprint density at radius 2 is 1.85 bits per heavy atom. The van der Waals surface area contributed by atoms with Crippen LogP contribution in [0.15, 0.2) is 4.40 Å². The smallest absolute Gasteiger partial charge is 0.340 e. The maximum atomic E-state index is 12.3. The molecule has 1 aliphatic rings. The Bertz CT molecular complexity index is 694. The zero-order valence-electron chi connectivity index (χ0n) is 12.3. The number of aromatic nitrogens is 2. The summed E-state index contributed by atoms with van der Waals surface area (Å²) in [6, 6.07) is 0. The molecule has 0 amide bonds. The van der Waals surface area contributed by atoms with Crippen LogP contribution in [-0.4, -0.2) is 32.5 Å². The van der Waals surface area contributed by atoms with Crippen LogP contribution in [0.1, 0.15) is 24.0 Å². The molecule has 7 nitrogen and oxygen atoms in total. The Balaban J connectivity index is 2.82. The largest absolute Gasteiger partial charge is 0.381 e. The monoisotopic (exact) mass is 313 g/mol. The summed E-state index contributed by atoms with van der Waals surface area (Å²) in [6.45, 7) is 9.54. The van der Waals surface area contributed by atoms with E-state index < -0.39 is 18.4 Å². The number of hydrogen-bond acceptors (Lipinski definition) is 5. The predicted octanol–water partition coefficient (Wildman–Crippen LogP) is 0.952. The van der Waals surface area contributed by atoms with Gasteiger partial charge in [0.25, 0.3) is 0 Å². The minimum absolute atomic E-state index is 0.0900. The van der Waals surface area contributed by atoms with Crippen molar-refractivity contribution in [1.82, 2.24) is 9.97 Å². The lowest BCUT2D eigenvalue weighted by molar-refractivity contribution is 0.598. The van der Waals surface area contributed by atoms with Crippen LogP contribution in [0.25, 0.3) is 0 Å². The second kappa shape index (κ2) is 4.52. The standard InChI is InChI=1S/C11H19N5O2SSi/c1-6-8-7(2)13-9-10(12)15-19(17,18)16(11(9)14-8)20(3,4)5/h6H2,1-5H3,(H2,12,15). The van der Waals surface area contributed by atoms with Crippen LogP contribution in [0.4, 0.5) is 5.82 Å². The topological polar surface area (TPSA) is 102 Å². The van der Waals surface area contributed by atoms with E-state index in [2.05, 4.69) is 14.4 Å². The lowest BCUT2D eigenvalue weighted by Crippen LogP contribution is -2.53. The second-order valence-electron chi connectivity index (χ2n) is 5.67. The summed E-state index contributed by atoms with van der Waals surface area (Å²) < 4.78 is 29.6. The van der Waals surface area contributed by atoms with Crippen molar-refractivity contribution < 1.29 is 8.42 Å². The maximum absolute atomic E-state index is 12.3. The lowest BCUT2D eigenvalue weighted by atomic mass is 10.2. The fraction of sp³-hybridized carbons (Fsp3) is 0.545. The van der Waals surface area contributed by atoms with Gasteiger partial charge in [0.15, 0.2) is 19.9 Å². The van der Waals surface area contributed by atoms with Crippen molar-refractivity contribution in [3.63, 3.8) is 0 Å². The van der Waals surface area contributed by atoms with Gasteiger partial charge in [-0.2, -0.15) is 8.42 Å². The van der Waals surface area contributed by atoms with E-state index in [1.807, 2.05) is 33.5 Å². The molecule has 2 heterocycles. The van der Waals surface area contributed by atoms with E-state index in [9.17, 15) is 8.42 Å². The van der Waals surface area contributed by atoms with E-state index >= 15 is 0 Å². The van der Waals surface area contributed by atoms with E-state index in [1.165, 1.54) is 3.97 Å². The molecular weight excluding hydrogens is 294 g/mol. The van der Waals surface area contributed by atoms with Crippen LogP contribution < -0.4 is 9.70 Å². The number of nitrogens with zero attached hydrogens (tertiary/aromatic N) is 4. The van der Waals surface area contributed by atoms with Gasteiger partial charge in [0.05, 0.1) is 11.4 Å². The van der Waals surface area contributed by atoms with Gasteiger partial charge in [0, 0.05) is 0 Å². The molecule has 0 radical (unpaired) electrons. The van der Waals surface area contributed by atoms with E-state index in [0.717, 1.165) is 11.4 Å². The van der Waals surface area contributed by atoms with Gasteiger partial charge in [0.1, 0.15) is 5.69 Å². The normalized spacial score (nSPS) is 17.6. The van der Waals surface area contributed by atoms with E-state index in [4.69, 9.17) is 5.73 Å². The van der Waals surface area contributed by atoms with Crippen LogP contribution in [0.2, 0.25) is 19.6 Å². The number of hydrogen-bond donors (Lipinski definition) is 1. The number of nitrogens with two attached hydrogens (primary N) is 1. The van der Waals surface area contributed by atoms with Gasteiger partial charge in [-0.25, -0.2) is 9.97 Å². The summed E-state index contributed by atoms with van der Waals surface area (Å²) >= 11 is 0. The van der Waals surface area contributed by atoms with Gasteiger partial charge in [-0.1, -0.05) is 26.6 Å². The highest BCUT2D eigenvalue weighted by atomic mass is 32.2. The molecule has 2 N–H and O–H groups in total. The summed E-state index contributed by atoms with van der Waals surface area (Å²) in [5.74, 6) is 0.229. The van der Waals surface area contributed by atoms with Crippen molar-refractivity contribution in [2.45, 2.75) is 39.9 Å². The van der Waals surface area contributed by atoms with Gasteiger partial charge in [-0.15, -0.1) is 4.40 Å². The molecule has 0 saturated carbocycles. The Morgan fingerprint density at radius 3 is 2.35 bits per heavy atom. The summed E-state index contributed by atoms with van der Waals surface area (Å²) in [7, 11) is -6.07. The van der Waals surface area contributed by atoms with Crippen LogP contribution in [0, 0.1) is 6.92 Å². The first-order valence-corrected chi connectivity index (χ1v) is 11.2. The molecular formula is C11H19N5O2SSi. The van der Waals surface area contributed by atoms with Crippen molar-refractivity contribution in [3.05, 3.63) is 17.1 Å². The lowest BCUT2D eigenvalue weighted by Gasteiger charge is -2.35. The first-order valence-electron chi connectivity index (χ1n) is 6.36. The van der Waals surface area contributed by atoms with Crippen LogP contribution in [0.3, 0.4) is 0 Å². The molecule has 1 aromatic heterocycles. The Kier molecular flexibility index (Phi) is 3.37. The molecule has 110 valence electrons. The number of amidine groups is 1. The summed E-state index contributed by atoms with van der Waals surface area (Å²) in [4.78, 5) is 8.88. The van der Waals surface area contributed by atoms with Crippen molar-refractivity contribution in [3.8, 4) is 0 Å². The number of anilines is 1. The predicted molar refractivity (Wildman–Crippen MR) is 81.6 cm³/mol. The zero-order valence-corrected chi connectivity index (χ0v) is 14.1. The summed E-state index contributed by atoms with van der Waals surface area (Å²) in [6.07, 6.45) is 0.683. The van der Waals surface area contributed by atoms with Crippen molar-refractivity contribution in [2.75, 3.05) is 3.97 Å². The molecule has 20 heavy (non-hydrogen) atoms. The third-order valence-corrected chi connectivity index (χ3v) is 7.80. The molecule has 0 atom stereocenters. The molecule has 0 spiro atoms. The van der Waals surface area contributed by atoms with E-state index in [1.54, 1.807) is 0 Å². The fourth-order valence-corrected chi connectivity index (χ4v) is 6.62. The highest BCUT2D eigenvalue weighted by Gasteiger charge is 2.41. The fourth-order valence-electron chi connectivity index (χ4n) is 2.17. The first-order chi connectivity index (χ1) is 9.08. The molecule has 0 saturated heterocycles. The van der Waals surface area contributed by atoms with Crippen molar-refractivity contribution in [1.29, 1.82) is 0 Å². The SMILES string of the molecule is CCc1nc2c(nc1C)C(N)=NS(=O)(=O)N2[Si](C)(C)C. The third kappa shape index (κ3) is 2.31. The molecule has 0 unspecified atom stereocenters. The van der Waals surface area contributed by atoms with E-state index in [-0.39, 0.29) is 5.84 Å². The Labute approximate surface area is 120 Å². The van der Waals surface area contributed by atoms with Gasteiger partial charge in [0.2, 0.25) is 0 Å². The van der Waals surface area contributed by atoms with E-state index in [0.29, 0.717) is 17.9 Å². The molecule has 0 bridgehead atoms. The quantitative estimate of drug-likeness (QED) is 0.819. The molecule has 0 aromatic carbocycles. The molecule has 1 aromatic rings.